The van der Waals surface area contributed by atoms with Crippen molar-refractivity contribution < 1.29 is 28.6 Å². The van der Waals surface area contributed by atoms with Gasteiger partial charge in [-0.2, -0.15) is 0 Å². The van der Waals surface area contributed by atoms with Crippen molar-refractivity contribution in [3.8, 4) is 0 Å². The number of ether oxygens (including phenoxy) is 3. The highest BCUT2D eigenvalue weighted by atomic mass is 16.6. The van der Waals surface area contributed by atoms with E-state index in [9.17, 15) is 14.4 Å². The predicted octanol–water partition coefficient (Wildman–Crippen LogP) is 18.8. The quantitative estimate of drug-likeness (QED) is 0.0199. The van der Waals surface area contributed by atoms with Crippen LogP contribution in [0.4, 0.5) is 0 Å². The third kappa shape index (κ3) is 53.4. The second-order valence-electron chi connectivity index (χ2n) is 18.6. The minimum absolute atomic E-state index is 0.0969. The zero-order valence-corrected chi connectivity index (χ0v) is 43.9. The molecule has 0 aliphatic rings. The summed E-state index contributed by atoms with van der Waals surface area (Å²) in [6.07, 6.45) is 71.5. The maximum absolute atomic E-state index is 12.8. The molecule has 6 nitrogen and oxygen atoms in total. The molecule has 6 heteroatoms. The fourth-order valence-corrected chi connectivity index (χ4v) is 7.76. The SMILES string of the molecule is CC/C=C\C/C=C\C/C=C\CCCCC(=O)OCC(COC(=O)CCCCCCCCCCCCCCCCCCCCC)OC(=O)CCCCCCC\C=C/C=C\C=C/C=C\CCCCC. The molecule has 0 spiro atoms. The average molecular weight is 933 g/mol. The second kappa shape index (κ2) is 55.2. The van der Waals surface area contributed by atoms with Crippen molar-refractivity contribution in [1.82, 2.24) is 0 Å². The van der Waals surface area contributed by atoms with E-state index >= 15 is 0 Å². The fraction of sp³-hybridized carbons (Fsp3) is 0.721. The first-order valence-electron chi connectivity index (χ1n) is 28.1. The second-order valence-corrected chi connectivity index (χ2v) is 18.6. The lowest BCUT2D eigenvalue weighted by molar-refractivity contribution is -0.167. The zero-order chi connectivity index (χ0) is 48.6. The van der Waals surface area contributed by atoms with Crippen LogP contribution in [0.15, 0.2) is 85.1 Å². The Hall–Kier alpha value is -3.41. The lowest BCUT2D eigenvalue weighted by Gasteiger charge is -2.18. The molecule has 0 saturated heterocycles. The van der Waals surface area contributed by atoms with Crippen LogP contribution in [0.3, 0.4) is 0 Å². The highest BCUT2D eigenvalue weighted by Crippen LogP contribution is 2.16. The molecule has 0 aromatic rings. The molecule has 0 aromatic heterocycles. The van der Waals surface area contributed by atoms with Crippen LogP contribution < -0.4 is 0 Å². The number of rotatable bonds is 50. The minimum Gasteiger partial charge on any atom is -0.462 e. The Kier molecular flexibility index (Phi) is 52.4. The van der Waals surface area contributed by atoms with E-state index < -0.39 is 6.10 Å². The molecule has 0 radical (unpaired) electrons. The van der Waals surface area contributed by atoms with Crippen molar-refractivity contribution in [2.45, 2.75) is 271 Å². The van der Waals surface area contributed by atoms with E-state index in [1.54, 1.807) is 0 Å². The summed E-state index contributed by atoms with van der Waals surface area (Å²) in [5.74, 6) is -0.956. The summed E-state index contributed by atoms with van der Waals surface area (Å²) in [4.78, 5) is 38.1. The van der Waals surface area contributed by atoms with Crippen molar-refractivity contribution in [2.75, 3.05) is 13.2 Å². The first-order valence-corrected chi connectivity index (χ1v) is 28.1. The van der Waals surface area contributed by atoms with Crippen molar-refractivity contribution in [3.05, 3.63) is 85.1 Å². The molecule has 67 heavy (non-hydrogen) atoms. The molecule has 0 bridgehead atoms. The maximum Gasteiger partial charge on any atom is 0.306 e. The molecule has 1 unspecified atom stereocenters. The van der Waals surface area contributed by atoms with E-state index in [2.05, 4.69) is 106 Å². The molecule has 0 aliphatic heterocycles. The molecule has 0 aliphatic carbocycles. The number of allylic oxidation sites excluding steroid dienone is 14. The predicted molar refractivity (Wildman–Crippen MR) is 288 cm³/mol. The third-order valence-corrected chi connectivity index (χ3v) is 12.0. The van der Waals surface area contributed by atoms with Crippen LogP contribution >= 0.6 is 0 Å². The van der Waals surface area contributed by atoms with Gasteiger partial charge in [-0.25, -0.2) is 0 Å². The van der Waals surface area contributed by atoms with E-state index in [0.717, 1.165) is 103 Å². The van der Waals surface area contributed by atoms with Crippen LogP contribution in [0.5, 0.6) is 0 Å². The molecule has 0 heterocycles. The van der Waals surface area contributed by atoms with Gasteiger partial charge in [0.1, 0.15) is 13.2 Å². The third-order valence-electron chi connectivity index (χ3n) is 12.0. The van der Waals surface area contributed by atoms with Crippen LogP contribution in [0.1, 0.15) is 265 Å². The van der Waals surface area contributed by atoms with Gasteiger partial charge in [0.15, 0.2) is 6.10 Å². The standard InChI is InChI=1S/C61H104O6/c1-4-7-10-13-16-19-22-25-27-29-31-33-34-36-39-42-45-48-51-54-60(63)66-57-58(56-65-59(62)53-50-47-44-41-38-24-21-18-15-12-9-6-3)67-61(64)55-52-49-46-43-40-37-35-32-30-28-26-23-20-17-14-11-8-5-2/h9,12,17-18,20-21,23,26,28,30,32,35,38,41,58H,4-8,10-11,13-16,19,22,24-25,27,29,31,33-34,36-37,39-40,42-57H2,1-3H3/b12-9-,20-17-,21-18-,26-23-,30-28-,35-32-,41-38-. The van der Waals surface area contributed by atoms with Crippen molar-refractivity contribution in [3.63, 3.8) is 0 Å². The lowest BCUT2D eigenvalue weighted by Crippen LogP contribution is -2.30. The molecule has 0 amide bonds. The summed E-state index contributed by atoms with van der Waals surface area (Å²) >= 11 is 0. The largest absolute Gasteiger partial charge is 0.462 e. The minimum atomic E-state index is -0.803. The van der Waals surface area contributed by atoms with Gasteiger partial charge in [0.05, 0.1) is 0 Å². The summed E-state index contributed by atoms with van der Waals surface area (Å²) in [5, 5.41) is 0. The van der Waals surface area contributed by atoms with Crippen molar-refractivity contribution >= 4 is 17.9 Å². The van der Waals surface area contributed by atoms with Crippen molar-refractivity contribution in [1.29, 1.82) is 0 Å². The Balaban J connectivity index is 4.42. The molecule has 0 fully saturated rings. The number of esters is 3. The van der Waals surface area contributed by atoms with E-state index in [0.29, 0.717) is 19.3 Å². The summed E-state index contributed by atoms with van der Waals surface area (Å²) in [6.45, 7) is 6.45. The molecule has 1 atom stereocenters. The van der Waals surface area contributed by atoms with Crippen molar-refractivity contribution in [2.24, 2.45) is 0 Å². The van der Waals surface area contributed by atoms with Crippen LogP contribution in [0, 0.1) is 0 Å². The monoisotopic (exact) mass is 933 g/mol. The average Bonchev–Trinajstić information content (AvgIpc) is 3.33. The van der Waals surface area contributed by atoms with E-state index in [4.69, 9.17) is 14.2 Å². The smallest absolute Gasteiger partial charge is 0.306 e. The number of carbonyl (C=O) groups is 3. The molecular weight excluding hydrogens is 829 g/mol. The molecule has 384 valence electrons. The fourth-order valence-electron chi connectivity index (χ4n) is 7.76. The Morgan fingerprint density at radius 3 is 1.10 bits per heavy atom. The lowest BCUT2D eigenvalue weighted by atomic mass is 10.0. The summed E-state index contributed by atoms with van der Waals surface area (Å²) < 4.78 is 16.8. The van der Waals surface area contributed by atoms with Gasteiger partial charge >= 0.3 is 17.9 Å². The Morgan fingerprint density at radius 1 is 0.328 bits per heavy atom. The molecular formula is C61H104O6. The number of hydrogen-bond acceptors (Lipinski definition) is 6. The van der Waals surface area contributed by atoms with E-state index in [1.165, 1.54) is 122 Å². The molecule has 0 saturated carbocycles. The number of hydrogen-bond donors (Lipinski definition) is 0. The topological polar surface area (TPSA) is 78.9 Å². The van der Waals surface area contributed by atoms with Gasteiger partial charge in [-0.15, -0.1) is 0 Å². The van der Waals surface area contributed by atoms with Gasteiger partial charge < -0.3 is 14.2 Å². The van der Waals surface area contributed by atoms with Crippen LogP contribution in [-0.4, -0.2) is 37.2 Å². The highest BCUT2D eigenvalue weighted by Gasteiger charge is 2.19. The summed E-state index contributed by atoms with van der Waals surface area (Å²) in [7, 11) is 0. The van der Waals surface area contributed by atoms with Crippen LogP contribution in [-0.2, 0) is 28.6 Å². The summed E-state index contributed by atoms with van der Waals surface area (Å²) in [5.41, 5.74) is 0. The molecule has 0 aromatic carbocycles. The van der Waals surface area contributed by atoms with E-state index in [1.807, 2.05) is 0 Å². The van der Waals surface area contributed by atoms with Gasteiger partial charge in [-0.1, -0.05) is 254 Å². The van der Waals surface area contributed by atoms with Gasteiger partial charge in [0, 0.05) is 19.3 Å². The molecule has 0 rings (SSSR count). The Bertz CT molecular complexity index is 1300. The number of carbonyl (C=O) groups excluding carboxylic acids is 3. The zero-order valence-electron chi connectivity index (χ0n) is 43.9. The van der Waals surface area contributed by atoms with E-state index in [-0.39, 0.29) is 31.1 Å². The summed E-state index contributed by atoms with van der Waals surface area (Å²) in [6, 6.07) is 0. The first kappa shape index (κ1) is 63.6. The first-order chi connectivity index (χ1) is 33.0. The van der Waals surface area contributed by atoms with Gasteiger partial charge in [0.2, 0.25) is 0 Å². The Morgan fingerprint density at radius 2 is 0.642 bits per heavy atom. The maximum atomic E-state index is 12.8. The van der Waals surface area contributed by atoms with Crippen LogP contribution in [0.2, 0.25) is 0 Å². The normalized spacial score (nSPS) is 12.7. The highest BCUT2D eigenvalue weighted by molar-refractivity contribution is 5.71. The molecule has 0 N–H and O–H groups in total. The van der Waals surface area contributed by atoms with Gasteiger partial charge in [0.25, 0.3) is 0 Å². The van der Waals surface area contributed by atoms with Gasteiger partial charge in [-0.05, 0) is 77.0 Å². The van der Waals surface area contributed by atoms with Crippen LogP contribution in [0.25, 0.3) is 0 Å². The van der Waals surface area contributed by atoms with Gasteiger partial charge in [-0.3, -0.25) is 14.4 Å². The Labute approximate surface area is 414 Å². The number of unbranched alkanes of at least 4 members (excludes halogenated alkanes) is 28.